The van der Waals surface area contributed by atoms with E-state index in [2.05, 4.69) is 23.1 Å². The summed E-state index contributed by atoms with van der Waals surface area (Å²) in [6.45, 7) is 2.67. The number of hydrogen-bond acceptors (Lipinski definition) is 2. The summed E-state index contributed by atoms with van der Waals surface area (Å²) in [7, 11) is 0. The van der Waals surface area contributed by atoms with Gasteiger partial charge in [-0.1, -0.05) is 23.8 Å². The lowest BCUT2D eigenvalue weighted by molar-refractivity contribution is -0.108. The van der Waals surface area contributed by atoms with E-state index in [0.29, 0.717) is 6.54 Å². The Labute approximate surface area is 98.0 Å². The Hall–Kier alpha value is -0.890. The molecule has 2 aliphatic carbocycles. The molecule has 0 spiro atoms. The van der Waals surface area contributed by atoms with Crippen LogP contribution in [0.25, 0.3) is 0 Å². The molecule has 0 aromatic heterocycles. The minimum Gasteiger partial charge on any atom is -0.302 e. The summed E-state index contributed by atoms with van der Waals surface area (Å²) in [6, 6.07) is 0. The molecule has 0 atom stereocenters. The molecule has 2 rings (SSSR count). The van der Waals surface area contributed by atoms with Crippen LogP contribution in [-0.2, 0) is 4.79 Å². The second-order valence-corrected chi connectivity index (χ2v) is 4.92. The van der Waals surface area contributed by atoms with Gasteiger partial charge in [0.25, 0.3) is 0 Å². The molecule has 0 aromatic carbocycles. The lowest BCUT2D eigenvalue weighted by atomic mass is 10.1. The molecule has 0 heterocycles. The predicted octanol–water partition coefficient (Wildman–Crippen LogP) is 2.56. The van der Waals surface area contributed by atoms with Crippen LogP contribution < -0.4 is 0 Å². The van der Waals surface area contributed by atoms with Crippen molar-refractivity contribution in [2.24, 2.45) is 5.92 Å². The summed E-state index contributed by atoms with van der Waals surface area (Å²) in [5.41, 5.74) is 1.54. The second-order valence-electron chi connectivity index (χ2n) is 4.92. The number of carbonyl (C=O) groups excluding carboxylic acids is 1. The molecule has 2 aliphatic rings. The zero-order valence-electron chi connectivity index (χ0n) is 9.90. The van der Waals surface area contributed by atoms with Crippen LogP contribution >= 0.6 is 0 Å². The predicted molar refractivity (Wildman–Crippen MR) is 66.3 cm³/mol. The normalized spacial score (nSPS) is 20.7. The van der Waals surface area contributed by atoms with Crippen LogP contribution in [-0.4, -0.2) is 30.8 Å². The Morgan fingerprint density at radius 1 is 1.38 bits per heavy atom. The van der Waals surface area contributed by atoms with Crippen molar-refractivity contribution in [2.75, 3.05) is 19.6 Å². The Morgan fingerprint density at radius 2 is 2.19 bits per heavy atom. The van der Waals surface area contributed by atoms with Crippen molar-refractivity contribution < 1.29 is 4.79 Å². The van der Waals surface area contributed by atoms with E-state index in [-0.39, 0.29) is 0 Å². The smallest absolute Gasteiger partial charge is 0.133 e. The van der Waals surface area contributed by atoms with Crippen molar-refractivity contribution in [1.82, 2.24) is 4.90 Å². The first-order valence-electron chi connectivity index (χ1n) is 6.37. The van der Waals surface area contributed by atoms with Gasteiger partial charge in [0.1, 0.15) is 6.29 Å². The highest BCUT2D eigenvalue weighted by atomic mass is 16.1. The monoisotopic (exact) mass is 219 g/mol. The summed E-state index contributed by atoms with van der Waals surface area (Å²) < 4.78 is 0. The second kappa shape index (κ2) is 6.00. The fourth-order valence-corrected chi connectivity index (χ4v) is 2.67. The molecule has 2 nitrogen and oxygen atoms in total. The molecule has 0 N–H and O–H groups in total. The topological polar surface area (TPSA) is 20.3 Å². The van der Waals surface area contributed by atoms with Crippen LogP contribution in [0.1, 0.15) is 32.1 Å². The summed E-state index contributed by atoms with van der Waals surface area (Å²) in [6.07, 6.45) is 14.1. The summed E-state index contributed by atoms with van der Waals surface area (Å²) >= 11 is 0. The van der Waals surface area contributed by atoms with Crippen molar-refractivity contribution in [2.45, 2.75) is 32.1 Å². The van der Waals surface area contributed by atoms with Crippen molar-refractivity contribution in [3.05, 3.63) is 23.8 Å². The van der Waals surface area contributed by atoms with Crippen LogP contribution in [0.2, 0.25) is 0 Å². The van der Waals surface area contributed by atoms with Crippen molar-refractivity contribution in [1.29, 1.82) is 0 Å². The molecule has 16 heavy (non-hydrogen) atoms. The highest BCUT2D eigenvalue weighted by molar-refractivity contribution is 5.52. The molecule has 0 fully saturated rings. The van der Waals surface area contributed by atoms with Gasteiger partial charge in [0.2, 0.25) is 0 Å². The average molecular weight is 219 g/mol. The molecule has 0 unspecified atom stereocenters. The van der Waals surface area contributed by atoms with E-state index < -0.39 is 0 Å². The van der Waals surface area contributed by atoms with Crippen LogP contribution in [0.3, 0.4) is 0 Å². The number of hydrogen-bond donors (Lipinski definition) is 0. The van der Waals surface area contributed by atoms with Gasteiger partial charge in [-0.05, 0) is 38.0 Å². The maximum Gasteiger partial charge on any atom is 0.133 e. The molecule has 0 aliphatic heterocycles. The number of aldehydes is 1. The van der Waals surface area contributed by atoms with E-state index in [1.54, 1.807) is 0 Å². The quantitative estimate of drug-likeness (QED) is 0.505. The van der Waals surface area contributed by atoms with Gasteiger partial charge in [0.05, 0.1) is 6.54 Å². The van der Waals surface area contributed by atoms with Crippen LogP contribution in [0, 0.1) is 5.92 Å². The van der Waals surface area contributed by atoms with Crippen LogP contribution in [0.4, 0.5) is 0 Å². The lowest BCUT2D eigenvalue weighted by Crippen LogP contribution is -2.32. The largest absolute Gasteiger partial charge is 0.302 e. The van der Waals surface area contributed by atoms with Crippen LogP contribution in [0.5, 0.6) is 0 Å². The average Bonchev–Trinajstić information content (AvgIpc) is 2.91. The van der Waals surface area contributed by atoms with Crippen molar-refractivity contribution >= 4 is 6.29 Å². The molecule has 0 saturated heterocycles. The van der Waals surface area contributed by atoms with Gasteiger partial charge in [-0.2, -0.15) is 0 Å². The number of carbonyl (C=O) groups is 1. The van der Waals surface area contributed by atoms with Gasteiger partial charge < -0.3 is 4.79 Å². The van der Waals surface area contributed by atoms with Gasteiger partial charge in [0, 0.05) is 13.1 Å². The standard InChI is InChI=1S/C14H21NO/c16-10-9-15(11-13-5-1-2-6-13)12-14-7-3-4-8-14/h1-2,7,10,13H,3-6,8-9,11-12H2. The molecule has 0 amide bonds. The van der Waals surface area contributed by atoms with Gasteiger partial charge in [-0.25, -0.2) is 0 Å². The van der Waals surface area contributed by atoms with Gasteiger partial charge in [-0.3, -0.25) is 4.90 Å². The molecule has 0 aromatic rings. The number of rotatable bonds is 6. The van der Waals surface area contributed by atoms with E-state index in [9.17, 15) is 4.79 Å². The van der Waals surface area contributed by atoms with E-state index in [0.717, 1.165) is 25.3 Å². The molecule has 88 valence electrons. The Bertz CT molecular complexity index is 285. The summed E-state index contributed by atoms with van der Waals surface area (Å²) in [5.74, 6) is 0.738. The maximum absolute atomic E-state index is 10.7. The van der Waals surface area contributed by atoms with Crippen molar-refractivity contribution in [3.8, 4) is 0 Å². The summed E-state index contributed by atoms with van der Waals surface area (Å²) in [5, 5.41) is 0. The molecular weight excluding hydrogens is 198 g/mol. The minimum atomic E-state index is 0.591. The first-order valence-corrected chi connectivity index (χ1v) is 6.37. The SMILES string of the molecule is O=CCN(CC1=CCCC1)CC1CC=CC1. The molecule has 0 saturated carbocycles. The molecule has 0 bridgehead atoms. The van der Waals surface area contributed by atoms with Gasteiger partial charge in [0.15, 0.2) is 0 Å². The lowest BCUT2D eigenvalue weighted by Gasteiger charge is -2.23. The molecular formula is C14H21NO. The van der Waals surface area contributed by atoms with E-state index in [1.165, 1.54) is 37.7 Å². The fraction of sp³-hybridized carbons (Fsp3) is 0.643. The maximum atomic E-state index is 10.7. The third-order valence-corrected chi connectivity index (χ3v) is 3.52. The fourth-order valence-electron chi connectivity index (χ4n) is 2.67. The molecule has 2 heteroatoms. The van der Waals surface area contributed by atoms with E-state index in [1.807, 2.05) is 0 Å². The Balaban J connectivity index is 1.80. The van der Waals surface area contributed by atoms with Crippen molar-refractivity contribution in [3.63, 3.8) is 0 Å². The zero-order chi connectivity index (χ0) is 11.2. The Kier molecular flexibility index (Phi) is 4.34. The van der Waals surface area contributed by atoms with E-state index in [4.69, 9.17) is 0 Å². The number of nitrogens with zero attached hydrogens (tertiary/aromatic N) is 1. The van der Waals surface area contributed by atoms with Crippen LogP contribution in [0.15, 0.2) is 23.8 Å². The highest BCUT2D eigenvalue weighted by Crippen LogP contribution is 2.22. The highest BCUT2D eigenvalue weighted by Gasteiger charge is 2.16. The molecule has 0 radical (unpaired) electrons. The summed E-state index contributed by atoms with van der Waals surface area (Å²) in [4.78, 5) is 13.0. The minimum absolute atomic E-state index is 0.591. The number of allylic oxidation sites excluding steroid dienone is 3. The van der Waals surface area contributed by atoms with Gasteiger partial charge >= 0.3 is 0 Å². The first-order chi connectivity index (χ1) is 7.88. The van der Waals surface area contributed by atoms with Gasteiger partial charge in [-0.15, -0.1) is 0 Å². The Morgan fingerprint density at radius 3 is 2.81 bits per heavy atom. The third-order valence-electron chi connectivity index (χ3n) is 3.52. The first kappa shape index (κ1) is 11.6. The van der Waals surface area contributed by atoms with E-state index >= 15 is 0 Å². The third kappa shape index (κ3) is 3.31. The zero-order valence-corrected chi connectivity index (χ0v) is 9.90.